The van der Waals surface area contributed by atoms with Crippen molar-refractivity contribution in [1.82, 2.24) is 10.2 Å². The summed E-state index contributed by atoms with van der Waals surface area (Å²) in [6, 6.07) is -0.272. The van der Waals surface area contributed by atoms with Crippen LogP contribution in [-0.2, 0) is 4.79 Å². The maximum absolute atomic E-state index is 11.7. The zero-order valence-corrected chi connectivity index (χ0v) is 11.1. The van der Waals surface area contributed by atoms with Crippen LogP contribution in [0.1, 0.15) is 26.7 Å². The number of urea groups is 1. The van der Waals surface area contributed by atoms with Crippen molar-refractivity contribution >= 4 is 12.0 Å². The summed E-state index contributed by atoms with van der Waals surface area (Å²) < 4.78 is 0. The Morgan fingerprint density at radius 3 is 2.39 bits per heavy atom. The van der Waals surface area contributed by atoms with Crippen LogP contribution in [0.3, 0.4) is 0 Å². The van der Waals surface area contributed by atoms with Gasteiger partial charge in [0.25, 0.3) is 0 Å². The van der Waals surface area contributed by atoms with E-state index in [4.69, 9.17) is 10.2 Å². The number of carbonyl (C=O) groups excluding carboxylic acids is 1. The molecule has 18 heavy (non-hydrogen) atoms. The highest BCUT2D eigenvalue weighted by Gasteiger charge is 2.30. The molecule has 0 heterocycles. The summed E-state index contributed by atoms with van der Waals surface area (Å²) in [7, 11) is 1.67. The van der Waals surface area contributed by atoms with Crippen LogP contribution in [0.5, 0.6) is 0 Å². The van der Waals surface area contributed by atoms with Crippen LogP contribution in [0, 0.1) is 11.3 Å². The Morgan fingerprint density at radius 2 is 1.94 bits per heavy atom. The summed E-state index contributed by atoms with van der Waals surface area (Å²) in [5.41, 5.74) is -0.969. The maximum Gasteiger partial charge on any atom is 0.317 e. The predicted molar refractivity (Wildman–Crippen MR) is 66.2 cm³/mol. The quantitative estimate of drug-likeness (QED) is 0.670. The number of aliphatic carboxylic acids is 1. The third kappa shape index (κ3) is 3.87. The number of carboxylic acid groups (broad SMARTS) is 1. The van der Waals surface area contributed by atoms with Gasteiger partial charge < -0.3 is 20.4 Å². The third-order valence-electron chi connectivity index (χ3n) is 3.35. The molecule has 0 spiro atoms. The number of nitrogens with one attached hydrogen (secondary N) is 1. The fourth-order valence-electron chi connectivity index (χ4n) is 1.83. The molecular formula is C12H22N2O4. The Bertz CT molecular complexity index is 324. The molecule has 0 aromatic carbocycles. The van der Waals surface area contributed by atoms with E-state index in [-0.39, 0.29) is 18.7 Å². The molecule has 0 bridgehead atoms. The summed E-state index contributed by atoms with van der Waals surface area (Å²) in [6.07, 6.45) is 1.24. The van der Waals surface area contributed by atoms with Crippen LogP contribution in [0.15, 0.2) is 0 Å². The number of nitrogens with zero attached hydrogens (tertiary/aromatic N) is 1. The minimum Gasteiger partial charge on any atom is -0.481 e. The smallest absolute Gasteiger partial charge is 0.317 e. The number of hydrogen-bond donors (Lipinski definition) is 3. The predicted octanol–water partition coefficient (Wildman–Crippen LogP) is 0.509. The summed E-state index contributed by atoms with van der Waals surface area (Å²) in [5, 5.41) is 20.7. The number of carbonyl (C=O) groups is 2. The van der Waals surface area contributed by atoms with Gasteiger partial charge in [0.05, 0.1) is 11.5 Å². The number of amides is 2. The molecule has 2 amide bonds. The van der Waals surface area contributed by atoms with Gasteiger partial charge in [-0.2, -0.15) is 0 Å². The van der Waals surface area contributed by atoms with Crippen molar-refractivity contribution in [2.45, 2.75) is 32.8 Å². The van der Waals surface area contributed by atoms with E-state index in [9.17, 15) is 9.59 Å². The number of aliphatic hydroxyl groups excluding tert-OH is 1. The average molecular weight is 258 g/mol. The summed E-state index contributed by atoms with van der Waals surface area (Å²) >= 11 is 0. The van der Waals surface area contributed by atoms with Crippen molar-refractivity contribution in [1.29, 1.82) is 0 Å². The van der Waals surface area contributed by atoms with Crippen LogP contribution in [0.2, 0.25) is 0 Å². The topological polar surface area (TPSA) is 89.9 Å². The van der Waals surface area contributed by atoms with E-state index in [1.54, 1.807) is 20.9 Å². The molecule has 6 heteroatoms. The highest BCUT2D eigenvalue weighted by Crippen LogP contribution is 2.27. The van der Waals surface area contributed by atoms with E-state index < -0.39 is 11.4 Å². The van der Waals surface area contributed by atoms with Crippen molar-refractivity contribution in [3.8, 4) is 0 Å². The van der Waals surface area contributed by atoms with Crippen molar-refractivity contribution in [3.05, 3.63) is 0 Å². The van der Waals surface area contributed by atoms with E-state index >= 15 is 0 Å². The van der Waals surface area contributed by atoms with E-state index in [0.29, 0.717) is 12.5 Å². The standard InChI is InChI=1S/C12H22N2O4/c1-12(2,10(16)17)7-13-11(18)14(3)6-8-4-9(15)5-8/h8-9,15H,4-7H2,1-3H3,(H,13,18)(H,16,17). The highest BCUT2D eigenvalue weighted by atomic mass is 16.4. The van der Waals surface area contributed by atoms with Gasteiger partial charge in [-0.25, -0.2) is 4.79 Å². The van der Waals surface area contributed by atoms with Crippen molar-refractivity contribution in [2.24, 2.45) is 11.3 Å². The fourth-order valence-corrected chi connectivity index (χ4v) is 1.83. The summed E-state index contributed by atoms with van der Waals surface area (Å²) in [6.45, 7) is 3.82. The molecule has 1 saturated carbocycles. The second kappa shape index (κ2) is 5.56. The average Bonchev–Trinajstić information content (AvgIpc) is 2.23. The van der Waals surface area contributed by atoms with E-state index in [0.717, 1.165) is 12.8 Å². The number of carboxylic acids is 1. The van der Waals surface area contributed by atoms with Gasteiger partial charge in [-0.3, -0.25) is 4.79 Å². The minimum absolute atomic E-state index is 0.0960. The fraction of sp³-hybridized carbons (Fsp3) is 0.833. The van der Waals surface area contributed by atoms with Crippen molar-refractivity contribution < 1.29 is 19.8 Å². The second-order valence-electron chi connectivity index (χ2n) is 5.72. The number of rotatable bonds is 5. The maximum atomic E-state index is 11.7. The zero-order valence-electron chi connectivity index (χ0n) is 11.1. The lowest BCUT2D eigenvalue weighted by molar-refractivity contribution is -0.146. The Hall–Kier alpha value is -1.30. The Morgan fingerprint density at radius 1 is 1.39 bits per heavy atom. The van der Waals surface area contributed by atoms with Gasteiger partial charge in [0.1, 0.15) is 0 Å². The monoisotopic (exact) mass is 258 g/mol. The van der Waals surface area contributed by atoms with Gasteiger partial charge in [-0.15, -0.1) is 0 Å². The molecule has 0 aromatic heterocycles. The third-order valence-corrected chi connectivity index (χ3v) is 3.35. The SMILES string of the molecule is CN(CC1CC(O)C1)C(=O)NCC(C)(C)C(=O)O. The van der Waals surface area contributed by atoms with Crippen LogP contribution >= 0.6 is 0 Å². The molecule has 1 aliphatic carbocycles. The lowest BCUT2D eigenvalue weighted by Crippen LogP contribution is -2.47. The van der Waals surface area contributed by atoms with Crippen molar-refractivity contribution in [2.75, 3.05) is 20.1 Å². The first kappa shape index (κ1) is 14.8. The van der Waals surface area contributed by atoms with Gasteiger partial charge in [-0.1, -0.05) is 0 Å². The molecule has 0 radical (unpaired) electrons. The van der Waals surface area contributed by atoms with Gasteiger partial charge in [-0.05, 0) is 32.6 Å². The van der Waals surface area contributed by atoms with Gasteiger partial charge in [0, 0.05) is 20.1 Å². The van der Waals surface area contributed by atoms with Crippen LogP contribution < -0.4 is 5.32 Å². The Kier molecular flexibility index (Phi) is 4.56. The summed E-state index contributed by atoms with van der Waals surface area (Å²) in [5.74, 6) is -0.587. The Labute approximate surface area is 107 Å². The van der Waals surface area contributed by atoms with Crippen LogP contribution in [-0.4, -0.2) is 53.4 Å². The summed E-state index contributed by atoms with van der Waals surface area (Å²) in [4.78, 5) is 24.1. The molecule has 0 saturated heterocycles. The molecule has 3 N–H and O–H groups in total. The molecule has 0 unspecified atom stereocenters. The van der Waals surface area contributed by atoms with E-state index in [2.05, 4.69) is 5.32 Å². The molecule has 6 nitrogen and oxygen atoms in total. The van der Waals surface area contributed by atoms with E-state index in [1.807, 2.05) is 0 Å². The first-order valence-electron chi connectivity index (χ1n) is 6.13. The minimum atomic E-state index is -0.969. The van der Waals surface area contributed by atoms with Gasteiger partial charge in [0.2, 0.25) is 0 Å². The normalized spacial score (nSPS) is 23.1. The Balaban J connectivity index is 2.29. The molecule has 1 rings (SSSR count). The van der Waals surface area contributed by atoms with Crippen molar-refractivity contribution in [3.63, 3.8) is 0 Å². The van der Waals surface area contributed by atoms with E-state index in [1.165, 1.54) is 4.90 Å². The van der Waals surface area contributed by atoms with Crippen LogP contribution in [0.4, 0.5) is 4.79 Å². The first-order valence-corrected chi connectivity index (χ1v) is 6.13. The number of hydrogen-bond acceptors (Lipinski definition) is 3. The van der Waals surface area contributed by atoms with Gasteiger partial charge in [0.15, 0.2) is 0 Å². The highest BCUT2D eigenvalue weighted by molar-refractivity contribution is 5.77. The second-order valence-corrected chi connectivity index (χ2v) is 5.72. The van der Waals surface area contributed by atoms with Gasteiger partial charge >= 0.3 is 12.0 Å². The molecular weight excluding hydrogens is 236 g/mol. The lowest BCUT2D eigenvalue weighted by Gasteiger charge is -2.34. The molecule has 0 aliphatic heterocycles. The molecule has 0 atom stereocenters. The largest absolute Gasteiger partial charge is 0.481 e. The molecule has 0 aromatic rings. The number of aliphatic hydroxyl groups is 1. The lowest BCUT2D eigenvalue weighted by atomic mass is 9.82. The zero-order chi connectivity index (χ0) is 13.9. The molecule has 1 aliphatic rings. The first-order chi connectivity index (χ1) is 8.22. The molecule has 104 valence electrons. The molecule has 1 fully saturated rings. The van der Waals surface area contributed by atoms with Crippen LogP contribution in [0.25, 0.3) is 0 Å².